The van der Waals surface area contributed by atoms with E-state index < -0.39 is 0 Å². The number of halogens is 2. The zero-order chi connectivity index (χ0) is 22.0. The summed E-state index contributed by atoms with van der Waals surface area (Å²) < 4.78 is 15.8. The molecule has 0 aliphatic heterocycles. The standard InChI is InChI=1S/C24H24ClFN6/c1-11-12-3-7-14(8-4-12)19(11)31-23-18(26)17(13-5-6-13)22(27-2)20(32-23)15-9-28-24-21(15)30-16(25)10-29-24/h9-14,19H,3-8H2,1H3,(H,28,29)(H,31,32)/t11-,12?,14?,19+/m1/s1. The maximum Gasteiger partial charge on any atom is 0.219 e. The molecule has 4 aliphatic carbocycles. The maximum atomic E-state index is 15.8. The van der Waals surface area contributed by atoms with Gasteiger partial charge in [0.1, 0.15) is 10.7 Å². The number of anilines is 1. The Bertz CT molecular complexity index is 1250. The zero-order valence-corrected chi connectivity index (χ0v) is 18.6. The van der Waals surface area contributed by atoms with Crippen molar-refractivity contribution >= 4 is 34.3 Å². The monoisotopic (exact) mass is 450 g/mol. The molecule has 4 aliphatic rings. The summed E-state index contributed by atoms with van der Waals surface area (Å²) in [6, 6.07) is 0.209. The highest BCUT2D eigenvalue weighted by atomic mass is 35.5. The Labute approximate surface area is 190 Å². The Balaban J connectivity index is 1.51. The first kappa shape index (κ1) is 19.9. The molecule has 8 heteroatoms. The number of aromatic amines is 1. The van der Waals surface area contributed by atoms with E-state index in [4.69, 9.17) is 23.2 Å². The molecular weight excluding hydrogens is 427 g/mol. The van der Waals surface area contributed by atoms with Crippen molar-refractivity contribution in [1.29, 1.82) is 0 Å². The van der Waals surface area contributed by atoms with E-state index in [2.05, 4.69) is 32.0 Å². The molecule has 2 N–H and O–H groups in total. The van der Waals surface area contributed by atoms with Crippen LogP contribution in [-0.4, -0.2) is 26.0 Å². The van der Waals surface area contributed by atoms with E-state index in [0.717, 1.165) is 12.8 Å². The number of aromatic nitrogens is 4. The summed E-state index contributed by atoms with van der Waals surface area (Å²) in [6.45, 7) is 10.1. The average Bonchev–Trinajstić information content (AvgIpc) is 3.56. The Hall–Kier alpha value is -2.72. The number of pyridine rings is 1. The van der Waals surface area contributed by atoms with Gasteiger partial charge < -0.3 is 10.3 Å². The zero-order valence-electron chi connectivity index (χ0n) is 17.8. The van der Waals surface area contributed by atoms with Crippen LogP contribution in [0.4, 0.5) is 15.9 Å². The summed E-state index contributed by atoms with van der Waals surface area (Å²) in [5.41, 5.74) is 2.94. The van der Waals surface area contributed by atoms with Crippen molar-refractivity contribution in [2.75, 3.05) is 5.32 Å². The minimum absolute atomic E-state index is 0.0708. The van der Waals surface area contributed by atoms with Gasteiger partial charge in [0.15, 0.2) is 17.3 Å². The van der Waals surface area contributed by atoms with Gasteiger partial charge in [0, 0.05) is 23.4 Å². The lowest BCUT2D eigenvalue weighted by Gasteiger charge is -2.47. The summed E-state index contributed by atoms with van der Waals surface area (Å²) in [5, 5.41) is 3.77. The first-order chi connectivity index (χ1) is 15.5. The fourth-order valence-electron chi connectivity index (χ4n) is 5.92. The van der Waals surface area contributed by atoms with Crippen LogP contribution < -0.4 is 5.32 Å². The lowest BCUT2D eigenvalue weighted by atomic mass is 9.62. The van der Waals surface area contributed by atoms with Gasteiger partial charge in [-0.1, -0.05) is 18.5 Å². The lowest BCUT2D eigenvalue weighted by molar-refractivity contribution is 0.0926. The molecule has 2 atom stereocenters. The third kappa shape index (κ3) is 3.07. The smallest absolute Gasteiger partial charge is 0.219 e. The second kappa shape index (κ2) is 7.41. The summed E-state index contributed by atoms with van der Waals surface area (Å²) >= 11 is 6.10. The van der Waals surface area contributed by atoms with Crippen LogP contribution >= 0.6 is 11.6 Å². The number of fused-ring (bicyclic) bond motifs is 4. The number of hydrogen-bond donors (Lipinski definition) is 2. The van der Waals surface area contributed by atoms with Crippen molar-refractivity contribution in [1.82, 2.24) is 19.9 Å². The molecular formula is C24H24ClFN6. The molecule has 0 aromatic carbocycles. The van der Waals surface area contributed by atoms with Gasteiger partial charge in [0.25, 0.3) is 0 Å². The van der Waals surface area contributed by atoms with E-state index in [9.17, 15) is 0 Å². The van der Waals surface area contributed by atoms with Gasteiger partial charge >= 0.3 is 0 Å². The summed E-state index contributed by atoms with van der Waals surface area (Å²) in [6.07, 6.45) is 9.91. The molecule has 0 amide bonds. The molecule has 0 spiro atoms. The van der Waals surface area contributed by atoms with E-state index >= 15 is 4.39 Å². The molecule has 4 fully saturated rings. The van der Waals surface area contributed by atoms with Crippen LogP contribution in [0.3, 0.4) is 0 Å². The largest absolute Gasteiger partial charge is 0.364 e. The third-order valence-electron chi connectivity index (χ3n) is 7.79. The predicted octanol–water partition coefficient (Wildman–Crippen LogP) is 6.48. The van der Waals surface area contributed by atoms with Gasteiger partial charge in [0.05, 0.1) is 18.5 Å². The van der Waals surface area contributed by atoms with Crippen LogP contribution in [0.25, 0.3) is 27.3 Å². The third-order valence-corrected chi connectivity index (χ3v) is 7.97. The van der Waals surface area contributed by atoms with Crippen LogP contribution in [0, 0.1) is 30.1 Å². The molecule has 32 heavy (non-hydrogen) atoms. The van der Waals surface area contributed by atoms with Gasteiger partial charge in [-0.15, -0.1) is 0 Å². The van der Waals surface area contributed by atoms with Crippen molar-refractivity contribution in [2.24, 2.45) is 17.8 Å². The van der Waals surface area contributed by atoms with Crippen LogP contribution in [0.1, 0.15) is 56.9 Å². The van der Waals surface area contributed by atoms with Crippen LogP contribution in [0.5, 0.6) is 0 Å². The highest BCUT2D eigenvalue weighted by Crippen LogP contribution is 2.51. The quantitative estimate of drug-likeness (QED) is 0.446. The SMILES string of the molecule is [C-]#[N+]c1c(-c2c[nH]c3ncc(Cl)nc23)nc(N[C@@H]2C3CCC(CC3)[C@H]2C)c(F)c1C1CC1. The second-order valence-electron chi connectivity index (χ2n) is 9.57. The number of nitrogens with one attached hydrogen (secondary N) is 2. The van der Waals surface area contributed by atoms with Crippen molar-refractivity contribution < 1.29 is 4.39 Å². The highest BCUT2D eigenvalue weighted by molar-refractivity contribution is 6.29. The number of hydrogen-bond acceptors (Lipinski definition) is 4. The molecule has 6 nitrogen and oxygen atoms in total. The van der Waals surface area contributed by atoms with Crippen LogP contribution in [0.2, 0.25) is 5.15 Å². The van der Waals surface area contributed by atoms with Gasteiger partial charge in [0.2, 0.25) is 5.69 Å². The maximum absolute atomic E-state index is 15.8. The van der Waals surface area contributed by atoms with Crippen molar-refractivity contribution in [3.63, 3.8) is 0 Å². The van der Waals surface area contributed by atoms with Crippen LogP contribution in [-0.2, 0) is 0 Å². The van der Waals surface area contributed by atoms with Gasteiger partial charge in [-0.3, -0.25) is 0 Å². The Morgan fingerprint density at radius 1 is 1.16 bits per heavy atom. The highest BCUT2D eigenvalue weighted by Gasteiger charge is 2.42. The minimum atomic E-state index is -0.361. The number of rotatable bonds is 4. The van der Waals surface area contributed by atoms with E-state index in [-0.39, 0.29) is 34.4 Å². The second-order valence-corrected chi connectivity index (χ2v) is 9.95. The molecule has 7 rings (SSSR count). The van der Waals surface area contributed by atoms with Gasteiger partial charge in [-0.25, -0.2) is 24.2 Å². The van der Waals surface area contributed by atoms with Gasteiger partial charge in [-0.2, -0.15) is 0 Å². The molecule has 0 unspecified atom stereocenters. The van der Waals surface area contributed by atoms with E-state index in [1.54, 1.807) is 6.20 Å². The molecule has 3 aromatic rings. The molecule has 3 aromatic heterocycles. The topological polar surface area (TPSA) is 70.8 Å². The predicted molar refractivity (Wildman–Crippen MR) is 122 cm³/mol. The first-order valence-corrected chi connectivity index (χ1v) is 11.8. The molecule has 2 bridgehead atoms. The summed E-state index contributed by atoms with van der Waals surface area (Å²) in [5.74, 6) is 1.69. The Morgan fingerprint density at radius 3 is 2.59 bits per heavy atom. The van der Waals surface area contributed by atoms with Crippen LogP contribution in [0.15, 0.2) is 12.4 Å². The normalized spacial score (nSPS) is 26.9. The number of H-pyrrole nitrogens is 1. The molecule has 0 saturated heterocycles. The molecule has 4 saturated carbocycles. The summed E-state index contributed by atoms with van der Waals surface area (Å²) in [7, 11) is 0. The van der Waals surface area contributed by atoms with Crippen molar-refractivity contribution in [2.45, 2.75) is 57.4 Å². The lowest BCUT2D eigenvalue weighted by Crippen LogP contribution is -2.47. The molecule has 164 valence electrons. The fraction of sp³-hybridized carbons (Fsp3) is 0.500. The van der Waals surface area contributed by atoms with Crippen molar-refractivity contribution in [3.05, 3.63) is 40.3 Å². The van der Waals surface area contributed by atoms with Gasteiger partial charge in [-0.05, 0) is 62.2 Å². The van der Waals surface area contributed by atoms with E-state index in [1.165, 1.54) is 31.9 Å². The average molecular weight is 451 g/mol. The van der Waals surface area contributed by atoms with Crippen molar-refractivity contribution in [3.8, 4) is 11.3 Å². The van der Waals surface area contributed by atoms with E-state index in [0.29, 0.717) is 45.7 Å². The Kier molecular flexibility index (Phi) is 4.62. The Morgan fingerprint density at radius 2 is 1.91 bits per heavy atom. The minimum Gasteiger partial charge on any atom is -0.364 e. The first-order valence-electron chi connectivity index (χ1n) is 11.4. The number of nitrogens with zero attached hydrogens (tertiary/aromatic N) is 4. The van der Waals surface area contributed by atoms with E-state index in [1.807, 2.05) is 0 Å². The summed E-state index contributed by atoms with van der Waals surface area (Å²) in [4.78, 5) is 20.2. The molecule has 0 radical (unpaired) electrons. The fourth-order valence-corrected chi connectivity index (χ4v) is 6.06. The molecule has 3 heterocycles.